The number of anilines is 2. The van der Waals surface area contributed by atoms with Crippen LogP contribution in [0.2, 0.25) is 0 Å². The second-order valence-corrected chi connectivity index (χ2v) is 8.49. The van der Waals surface area contributed by atoms with Gasteiger partial charge in [0.2, 0.25) is 0 Å². The van der Waals surface area contributed by atoms with Crippen LogP contribution in [0.15, 0.2) is 109 Å². The van der Waals surface area contributed by atoms with Crippen LogP contribution in [0, 0.1) is 0 Å². The number of fused-ring (bicyclic) bond motifs is 2. The van der Waals surface area contributed by atoms with Crippen molar-refractivity contribution in [3.63, 3.8) is 0 Å². The van der Waals surface area contributed by atoms with Crippen LogP contribution < -0.4 is 21.3 Å². The Hall–Kier alpha value is -4.84. The minimum atomic E-state index is -0.274. The normalized spacial score (nSPS) is 10.7. The van der Waals surface area contributed by atoms with Crippen molar-refractivity contribution in [2.45, 2.75) is 13.1 Å². The molecule has 0 fully saturated rings. The molecule has 6 heteroatoms. The highest BCUT2D eigenvalue weighted by Gasteiger charge is 2.07. The third-order valence-corrected chi connectivity index (χ3v) is 5.97. The van der Waals surface area contributed by atoms with E-state index in [1.165, 1.54) is 0 Å². The van der Waals surface area contributed by atoms with E-state index in [-0.39, 0.29) is 12.1 Å². The Balaban J connectivity index is 1.15. The van der Waals surface area contributed by atoms with E-state index >= 15 is 0 Å². The summed E-state index contributed by atoms with van der Waals surface area (Å²) in [6.45, 7) is 0.735. The maximum atomic E-state index is 12.5. The van der Waals surface area contributed by atoms with E-state index in [0.29, 0.717) is 13.1 Å². The summed E-state index contributed by atoms with van der Waals surface area (Å²) in [6.07, 6.45) is 0. The summed E-state index contributed by atoms with van der Waals surface area (Å²) in [6, 6.07) is 34.7. The van der Waals surface area contributed by atoms with Gasteiger partial charge in [0, 0.05) is 23.9 Å². The van der Waals surface area contributed by atoms with E-state index in [2.05, 4.69) is 21.3 Å². The molecule has 0 unspecified atom stereocenters. The number of benzene rings is 5. The van der Waals surface area contributed by atoms with Crippen molar-refractivity contribution in [1.82, 2.24) is 10.6 Å². The molecule has 4 amide bonds. The molecule has 0 aliphatic carbocycles. The fraction of sp³-hybridized carbons (Fsp3) is 0.0667. The average molecular weight is 475 g/mol. The second kappa shape index (κ2) is 10.6. The van der Waals surface area contributed by atoms with Gasteiger partial charge in [-0.3, -0.25) is 0 Å². The Bertz CT molecular complexity index is 1420. The first-order valence-corrected chi connectivity index (χ1v) is 11.8. The molecule has 5 rings (SSSR count). The van der Waals surface area contributed by atoms with Crippen molar-refractivity contribution >= 4 is 45.0 Å². The SMILES string of the molecule is O=C(NCc1cccc(CNC(=O)Nc2cccc3ccccc23)c1)Nc1cccc2ccccc12. The zero-order valence-electron chi connectivity index (χ0n) is 19.6. The van der Waals surface area contributed by atoms with Crippen LogP contribution in [0.5, 0.6) is 0 Å². The molecule has 4 N–H and O–H groups in total. The topological polar surface area (TPSA) is 82.3 Å². The Labute approximate surface area is 209 Å². The molecule has 0 aliphatic rings. The van der Waals surface area contributed by atoms with Gasteiger partial charge in [0.15, 0.2) is 0 Å². The molecule has 6 nitrogen and oxygen atoms in total. The molecule has 0 aliphatic heterocycles. The molecule has 5 aromatic rings. The third-order valence-electron chi connectivity index (χ3n) is 5.97. The van der Waals surface area contributed by atoms with Gasteiger partial charge in [-0.1, -0.05) is 97.1 Å². The summed E-state index contributed by atoms with van der Waals surface area (Å²) >= 11 is 0. The highest BCUT2D eigenvalue weighted by atomic mass is 16.2. The average Bonchev–Trinajstić information content (AvgIpc) is 2.91. The molecule has 36 heavy (non-hydrogen) atoms. The molecule has 5 aromatic carbocycles. The van der Waals surface area contributed by atoms with Crippen molar-refractivity contribution in [3.05, 3.63) is 120 Å². The predicted octanol–water partition coefficient (Wildman–Crippen LogP) is 6.64. The molecule has 178 valence electrons. The lowest BCUT2D eigenvalue weighted by atomic mass is 10.1. The highest BCUT2D eigenvalue weighted by molar-refractivity contribution is 6.02. The van der Waals surface area contributed by atoms with Gasteiger partial charge in [-0.15, -0.1) is 0 Å². The van der Waals surface area contributed by atoms with E-state index < -0.39 is 0 Å². The quantitative estimate of drug-likeness (QED) is 0.223. The van der Waals surface area contributed by atoms with E-state index in [4.69, 9.17) is 0 Å². The summed E-state index contributed by atoms with van der Waals surface area (Å²) in [4.78, 5) is 25.0. The van der Waals surface area contributed by atoms with Gasteiger partial charge in [0.25, 0.3) is 0 Å². The first-order valence-electron chi connectivity index (χ1n) is 11.8. The highest BCUT2D eigenvalue weighted by Crippen LogP contribution is 2.23. The van der Waals surface area contributed by atoms with E-state index in [9.17, 15) is 9.59 Å². The van der Waals surface area contributed by atoms with Crippen molar-refractivity contribution in [2.24, 2.45) is 0 Å². The number of carbonyl (C=O) groups excluding carboxylic acids is 2. The number of hydrogen-bond donors (Lipinski definition) is 4. The van der Waals surface area contributed by atoms with Crippen LogP contribution in [-0.2, 0) is 13.1 Å². The lowest BCUT2D eigenvalue weighted by Crippen LogP contribution is -2.29. The Kier molecular flexibility index (Phi) is 6.76. The van der Waals surface area contributed by atoms with Crippen LogP contribution in [0.4, 0.5) is 21.0 Å². The van der Waals surface area contributed by atoms with Crippen molar-refractivity contribution in [2.75, 3.05) is 10.6 Å². The van der Waals surface area contributed by atoms with Crippen LogP contribution in [0.25, 0.3) is 21.5 Å². The van der Waals surface area contributed by atoms with Crippen LogP contribution in [0.3, 0.4) is 0 Å². The summed E-state index contributed by atoms with van der Waals surface area (Å²) < 4.78 is 0. The van der Waals surface area contributed by atoms with Gasteiger partial charge in [-0.25, -0.2) is 9.59 Å². The number of nitrogens with one attached hydrogen (secondary N) is 4. The minimum Gasteiger partial charge on any atom is -0.334 e. The third kappa shape index (κ3) is 5.45. The van der Waals surface area contributed by atoms with Crippen molar-refractivity contribution in [3.8, 4) is 0 Å². The largest absolute Gasteiger partial charge is 0.334 e. The van der Waals surface area contributed by atoms with Gasteiger partial charge < -0.3 is 21.3 Å². The molecule has 0 bridgehead atoms. The van der Waals surface area contributed by atoms with E-state index in [0.717, 1.165) is 44.0 Å². The van der Waals surface area contributed by atoms with Gasteiger partial charge in [-0.05, 0) is 34.0 Å². The van der Waals surface area contributed by atoms with Crippen LogP contribution >= 0.6 is 0 Å². The molecule has 0 saturated carbocycles. The molecule has 0 aromatic heterocycles. The standard InChI is InChI=1S/C30H26N4O2/c35-29(33-27-16-6-12-23-10-1-3-14-25(23)27)31-19-21-8-5-9-22(18-21)20-32-30(36)34-28-17-7-13-24-11-2-4-15-26(24)28/h1-18H,19-20H2,(H2,31,33,35)(H2,32,34,36). The molecule has 0 spiro atoms. The molecular weight excluding hydrogens is 448 g/mol. The zero-order chi connectivity index (χ0) is 24.7. The van der Waals surface area contributed by atoms with E-state index in [1.54, 1.807) is 0 Å². The number of carbonyl (C=O) groups is 2. The molecule has 0 atom stereocenters. The molecular formula is C30H26N4O2. The molecule has 0 radical (unpaired) electrons. The second-order valence-electron chi connectivity index (χ2n) is 8.49. The Morgan fingerprint density at radius 1 is 0.500 bits per heavy atom. The van der Waals surface area contributed by atoms with Gasteiger partial charge >= 0.3 is 12.1 Å². The Morgan fingerprint density at radius 3 is 1.42 bits per heavy atom. The lowest BCUT2D eigenvalue weighted by molar-refractivity contribution is 0.251. The van der Waals surface area contributed by atoms with Crippen molar-refractivity contribution in [1.29, 1.82) is 0 Å². The lowest BCUT2D eigenvalue weighted by Gasteiger charge is -2.12. The smallest absolute Gasteiger partial charge is 0.319 e. The summed E-state index contributed by atoms with van der Waals surface area (Å²) in [5.41, 5.74) is 3.41. The first-order chi connectivity index (χ1) is 17.7. The maximum Gasteiger partial charge on any atom is 0.319 e. The number of urea groups is 2. The van der Waals surface area contributed by atoms with Crippen LogP contribution in [0.1, 0.15) is 11.1 Å². The Morgan fingerprint density at radius 2 is 0.917 bits per heavy atom. The maximum absolute atomic E-state index is 12.5. The number of amides is 4. The predicted molar refractivity (Wildman–Crippen MR) is 146 cm³/mol. The van der Waals surface area contributed by atoms with Gasteiger partial charge in [0.1, 0.15) is 0 Å². The number of hydrogen-bond acceptors (Lipinski definition) is 2. The molecule has 0 heterocycles. The number of rotatable bonds is 6. The van der Waals surface area contributed by atoms with E-state index in [1.807, 2.05) is 109 Å². The fourth-order valence-electron chi connectivity index (χ4n) is 4.22. The van der Waals surface area contributed by atoms with Crippen LogP contribution in [-0.4, -0.2) is 12.1 Å². The van der Waals surface area contributed by atoms with Gasteiger partial charge in [0.05, 0.1) is 11.4 Å². The fourth-order valence-corrected chi connectivity index (χ4v) is 4.22. The monoisotopic (exact) mass is 474 g/mol. The summed E-state index contributed by atoms with van der Waals surface area (Å²) in [5.74, 6) is 0. The molecule has 0 saturated heterocycles. The zero-order valence-corrected chi connectivity index (χ0v) is 19.6. The summed E-state index contributed by atoms with van der Waals surface area (Å²) in [5, 5.41) is 15.8. The first kappa shape index (κ1) is 22.9. The van der Waals surface area contributed by atoms with Crippen molar-refractivity contribution < 1.29 is 9.59 Å². The van der Waals surface area contributed by atoms with Gasteiger partial charge in [-0.2, -0.15) is 0 Å². The minimum absolute atomic E-state index is 0.274. The summed E-state index contributed by atoms with van der Waals surface area (Å²) in [7, 11) is 0.